The Bertz CT molecular complexity index is 1730. The molecule has 3 aliphatic heterocycles. The van der Waals surface area contributed by atoms with E-state index in [9.17, 15) is 9.90 Å². The first kappa shape index (κ1) is 27.9. The lowest BCUT2D eigenvalue weighted by Gasteiger charge is -2.36. The van der Waals surface area contributed by atoms with Gasteiger partial charge in [-0.1, -0.05) is 23.7 Å². The third-order valence-corrected chi connectivity index (χ3v) is 8.94. The summed E-state index contributed by atoms with van der Waals surface area (Å²) < 4.78 is 29.7. The molecule has 3 aromatic heterocycles. The zero-order chi connectivity index (χ0) is 29.7. The Morgan fingerprint density at radius 2 is 1.95 bits per heavy atom. The van der Waals surface area contributed by atoms with Crippen LogP contribution in [0.15, 0.2) is 54.7 Å². The number of halogens is 2. The molecule has 2 atom stereocenters. The van der Waals surface area contributed by atoms with Gasteiger partial charge < -0.3 is 19.1 Å². The number of para-hydroxylation sites is 1. The number of carboxylic acids is 1. The molecule has 0 aliphatic carbocycles. The van der Waals surface area contributed by atoms with Gasteiger partial charge in [0, 0.05) is 18.9 Å². The van der Waals surface area contributed by atoms with Gasteiger partial charge >= 0.3 is 5.97 Å². The summed E-state index contributed by atoms with van der Waals surface area (Å²) in [5.41, 5.74) is 2.24. The van der Waals surface area contributed by atoms with E-state index in [0.29, 0.717) is 46.3 Å². The summed E-state index contributed by atoms with van der Waals surface area (Å²) in [4.78, 5) is 27.6. The smallest absolute Gasteiger partial charge is 0.354 e. The molecule has 0 bridgehead atoms. The summed E-state index contributed by atoms with van der Waals surface area (Å²) in [6, 6.07) is 12.4. The number of piperidine rings is 1. The van der Waals surface area contributed by atoms with Crippen molar-refractivity contribution in [3.63, 3.8) is 0 Å². The maximum absolute atomic E-state index is 15.5. The molecule has 0 saturated carbocycles. The Morgan fingerprint density at radius 3 is 2.65 bits per heavy atom. The molecule has 11 heteroatoms. The molecule has 2 fully saturated rings. The van der Waals surface area contributed by atoms with Crippen LogP contribution < -0.4 is 4.74 Å². The predicted octanol–water partition coefficient (Wildman–Crippen LogP) is 5.96. The summed E-state index contributed by atoms with van der Waals surface area (Å²) in [5.74, 6) is 0.223. The third kappa shape index (κ3) is 5.28. The second-order valence-corrected chi connectivity index (χ2v) is 12.0. The van der Waals surface area contributed by atoms with Gasteiger partial charge in [0.15, 0.2) is 16.9 Å². The van der Waals surface area contributed by atoms with E-state index in [1.165, 1.54) is 12.1 Å². The SMILES string of the molecule is C[C@]1(c2ccc(Cl)cn2)C=C(F)c2cccc(C3CCN(Cc4nc5ccc(C(=O)O)nc5n4C[C@@H]4CCO4)CC3)c2O1. The number of hydrogen-bond acceptors (Lipinski definition) is 7. The number of imidazole rings is 1. The molecule has 9 nitrogen and oxygen atoms in total. The Hall–Kier alpha value is -3.86. The standard InChI is InChI=1S/C32H31ClFN5O4/c1-32(27-8-5-20(33)16-35-27)15-24(34)23-4-2-3-22(29(23)43-32)19-9-12-38(13-10-19)18-28-36-25-6-7-26(31(40)41)37-30(25)39(28)17-21-11-14-42-21/h2-8,15-16,19,21H,9-14,17-18H2,1H3,(H,40,41)/t21-,32+/m0/s1. The van der Waals surface area contributed by atoms with E-state index >= 15 is 4.39 Å². The predicted molar refractivity (Wildman–Crippen MR) is 159 cm³/mol. The summed E-state index contributed by atoms with van der Waals surface area (Å²) in [6.07, 6.45) is 5.79. The average molecular weight is 604 g/mol. The van der Waals surface area contributed by atoms with E-state index in [0.717, 1.165) is 50.3 Å². The van der Waals surface area contributed by atoms with Crippen LogP contribution in [0.3, 0.4) is 0 Å². The van der Waals surface area contributed by atoms with Crippen LogP contribution in [-0.4, -0.2) is 61.3 Å². The first-order chi connectivity index (χ1) is 20.8. The quantitative estimate of drug-likeness (QED) is 0.276. The van der Waals surface area contributed by atoms with Crippen molar-refractivity contribution in [3.8, 4) is 5.75 Å². The molecule has 0 amide bonds. The summed E-state index contributed by atoms with van der Waals surface area (Å²) in [5, 5.41) is 9.99. The highest BCUT2D eigenvalue weighted by Crippen LogP contribution is 2.46. The molecule has 222 valence electrons. The average Bonchev–Trinajstić information content (AvgIpc) is 3.31. The van der Waals surface area contributed by atoms with Gasteiger partial charge in [0.2, 0.25) is 0 Å². The van der Waals surface area contributed by atoms with Crippen LogP contribution in [0.2, 0.25) is 5.02 Å². The van der Waals surface area contributed by atoms with Gasteiger partial charge in [-0.05, 0) is 81.1 Å². The van der Waals surface area contributed by atoms with Gasteiger partial charge in [0.1, 0.15) is 22.9 Å². The van der Waals surface area contributed by atoms with Crippen LogP contribution in [0.1, 0.15) is 65.2 Å². The number of aromatic carboxylic acids is 1. The fourth-order valence-electron chi connectivity index (χ4n) is 6.25. The number of fused-ring (bicyclic) bond motifs is 2. The lowest BCUT2D eigenvalue weighted by atomic mass is 9.85. The van der Waals surface area contributed by atoms with E-state index in [-0.39, 0.29) is 23.5 Å². The van der Waals surface area contributed by atoms with Crippen molar-refractivity contribution in [1.29, 1.82) is 0 Å². The molecule has 1 aromatic carbocycles. The largest absolute Gasteiger partial charge is 0.477 e. The van der Waals surface area contributed by atoms with E-state index in [2.05, 4.69) is 14.9 Å². The Balaban J connectivity index is 1.10. The number of benzene rings is 1. The highest BCUT2D eigenvalue weighted by atomic mass is 35.5. The molecule has 7 rings (SSSR count). The van der Waals surface area contributed by atoms with Crippen molar-refractivity contribution in [3.05, 3.63) is 88.1 Å². The Kier molecular flexibility index (Phi) is 7.15. The van der Waals surface area contributed by atoms with Crippen molar-refractivity contribution in [1.82, 2.24) is 24.4 Å². The van der Waals surface area contributed by atoms with E-state index in [1.54, 1.807) is 30.5 Å². The molecule has 0 spiro atoms. The second kappa shape index (κ2) is 11.0. The van der Waals surface area contributed by atoms with Crippen molar-refractivity contribution in [2.24, 2.45) is 0 Å². The van der Waals surface area contributed by atoms with E-state index < -0.39 is 11.6 Å². The van der Waals surface area contributed by atoms with Crippen molar-refractivity contribution >= 4 is 34.6 Å². The number of likely N-dealkylation sites (tertiary alicyclic amines) is 1. The van der Waals surface area contributed by atoms with Gasteiger partial charge in [0.05, 0.1) is 35.5 Å². The minimum absolute atomic E-state index is 0.00169. The maximum Gasteiger partial charge on any atom is 0.354 e. The Morgan fingerprint density at radius 1 is 1.14 bits per heavy atom. The molecule has 43 heavy (non-hydrogen) atoms. The molecule has 1 N–H and O–H groups in total. The molecular weight excluding hydrogens is 573 g/mol. The van der Waals surface area contributed by atoms with Crippen molar-refractivity contribution in [2.75, 3.05) is 19.7 Å². The fourth-order valence-corrected chi connectivity index (χ4v) is 6.36. The topological polar surface area (TPSA) is 103 Å². The molecule has 0 unspecified atom stereocenters. The van der Waals surface area contributed by atoms with Crippen LogP contribution in [0.25, 0.3) is 17.0 Å². The number of nitrogens with zero attached hydrogens (tertiary/aromatic N) is 5. The number of carbonyl (C=O) groups is 1. The summed E-state index contributed by atoms with van der Waals surface area (Å²) in [6.45, 7) is 5.39. The number of carboxylic acid groups (broad SMARTS) is 1. The first-order valence-corrected chi connectivity index (χ1v) is 14.9. The minimum Gasteiger partial charge on any atom is -0.477 e. The van der Waals surface area contributed by atoms with E-state index in [4.69, 9.17) is 26.1 Å². The number of hydrogen-bond donors (Lipinski definition) is 1. The van der Waals surface area contributed by atoms with E-state index in [1.807, 2.05) is 23.6 Å². The van der Waals surface area contributed by atoms with Gasteiger partial charge in [0.25, 0.3) is 0 Å². The molecule has 6 heterocycles. The minimum atomic E-state index is -1.06. The van der Waals surface area contributed by atoms with Crippen molar-refractivity contribution < 1.29 is 23.8 Å². The highest BCUT2D eigenvalue weighted by molar-refractivity contribution is 6.30. The molecular formula is C32H31ClFN5O4. The molecule has 0 radical (unpaired) electrons. The van der Waals surface area contributed by atoms with Crippen LogP contribution in [0.4, 0.5) is 4.39 Å². The lowest BCUT2D eigenvalue weighted by molar-refractivity contribution is -0.0593. The molecule has 3 aliphatic rings. The van der Waals surface area contributed by atoms with Crippen LogP contribution in [0.5, 0.6) is 5.75 Å². The Labute approximate surface area is 252 Å². The van der Waals surface area contributed by atoms with Gasteiger partial charge in [-0.25, -0.2) is 19.2 Å². The lowest BCUT2D eigenvalue weighted by Crippen LogP contribution is -2.36. The number of rotatable bonds is 7. The third-order valence-electron chi connectivity index (χ3n) is 8.72. The fraction of sp³-hybridized carbons (Fsp3) is 0.375. The monoisotopic (exact) mass is 603 g/mol. The number of ether oxygens (including phenoxy) is 2. The number of pyridine rings is 2. The zero-order valence-electron chi connectivity index (χ0n) is 23.7. The summed E-state index contributed by atoms with van der Waals surface area (Å²) in [7, 11) is 0. The van der Waals surface area contributed by atoms with Crippen LogP contribution in [0, 0.1) is 0 Å². The van der Waals surface area contributed by atoms with Crippen LogP contribution in [-0.2, 0) is 23.4 Å². The molecule has 4 aromatic rings. The highest BCUT2D eigenvalue weighted by Gasteiger charge is 2.37. The zero-order valence-corrected chi connectivity index (χ0v) is 24.4. The van der Waals surface area contributed by atoms with Gasteiger partial charge in [-0.15, -0.1) is 0 Å². The van der Waals surface area contributed by atoms with Gasteiger partial charge in [-0.3, -0.25) is 9.88 Å². The normalized spacial score (nSPS) is 22.5. The summed E-state index contributed by atoms with van der Waals surface area (Å²) >= 11 is 6.04. The second-order valence-electron chi connectivity index (χ2n) is 11.6. The van der Waals surface area contributed by atoms with Crippen LogP contribution >= 0.6 is 11.6 Å². The maximum atomic E-state index is 15.5. The number of aromatic nitrogens is 4. The van der Waals surface area contributed by atoms with Gasteiger partial charge in [-0.2, -0.15) is 0 Å². The van der Waals surface area contributed by atoms with Crippen molar-refractivity contribution in [2.45, 2.75) is 56.9 Å². The molecule has 2 saturated heterocycles. The first-order valence-electron chi connectivity index (χ1n) is 14.5.